The molecule has 0 radical (unpaired) electrons. The second-order valence-corrected chi connectivity index (χ2v) is 8.32. The van der Waals surface area contributed by atoms with Crippen LogP contribution in [-0.2, 0) is 11.2 Å². The monoisotopic (exact) mass is 442 g/mol. The molecule has 2 amide bonds. The van der Waals surface area contributed by atoms with E-state index in [2.05, 4.69) is 22.1 Å². The summed E-state index contributed by atoms with van der Waals surface area (Å²) in [5.74, 6) is -0.0205. The summed E-state index contributed by atoms with van der Waals surface area (Å²) in [7, 11) is 0. The minimum absolute atomic E-state index is 0.000543. The minimum Gasteiger partial charge on any atom is -0.336 e. The molecule has 2 heterocycles. The number of carbonyl (C=O) groups excluding carboxylic acids is 2. The van der Waals surface area contributed by atoms with Crippen LogP contribution in [-0.4, -0.2) is 59.3 Å². The zero-order valence-corrected chi connectivity index (χ0v) is 19.3. The predicted molar refractivity (Wildman–Crippen MR) is 131 cm³/mol. The van der Waals surface area contributed by atoms with Gasteiger partial charge in [0, 0.05) is 37.4 Å². The van der Waals surface area contributed by atoms with Crippen molar-refractivity contribution >= 4 is 17.5 Å². The molecule has 0 bridgehead atoms. The Labute approximate surface area is 195 Å². The molecule has 2 aromatic carbocycles. The predicted octanol–water partition coefficient (Wildman–Crippen LogP) is 4.02. The van der Waals surface area contributed by atoms with Gasteiger partial charge in [0.25, 0.3) is 5.91 Å². The number of anilines is 1. The Hall–Kier alpha value is -3.51. The molecule has 0 aliphatic carbocycles. The molecule has 170 valence electrons. The van der Waals surface area contributed by atoms with Gasteiger partial charge >= 0.3 is 0 Å². The molecule has 1 saturated heterocycles. The zero-order valence-electron chi connectivity index (χ0n) is 19.3. The van der Waals surface area contributed by atoms with Crippen LogP contribution in [0.5, 0.6) is 0 Å². The molecule has 0 unspecified atom stereocenters. The highest BCUT2D eigenvalue weighted by Crippen LogP contribution is 2.20. The molecule has 1 fully saturated rings. The average Bonchev–Trinajstić information content (AvgIpc) is 2.85. The molecule has 0 atom stereocenters. The summed E-state index contributed by atoms with van der Waals surface area (Å²) in [5, 5.41) is 3.03. The summed E-state index contributed by atoms with van der Waals surface area (Å²) in [4.78, 5) is 34.2. The smallest absolute Gasteiger partial charge is 0.255 e. The number of hydrogen-bond acceptors (Lipinski definition) is 4. The number of aryl methyl sites for hydroxylation is 2. The Bertz CT molecular complexity index is 1120. The largest absolute Gasteiger partial charge is 0.336 e. The normalized spacial score (nSPS) is 14.2. The first-order chi connectivity index (χ1) is 16.0. The van der Waals surface area contributed by atoms with Gasteiger partial charge < -0.3 is 10.2 Å². The number of hydrogen-bond donors (Lipinski definition) is 1. The van der Waals surface area contributed by atoms with Crippen molar-refractivity contribution in [2.45, 2.75) is 20.3 Å². The molecule has 1 aromatic heterocycles. The number of carbonyl (C=O) groups is 2. The van der Waals surface area contributed by atoms with Crippen molar-refractivity contribution in [3.05, 3.63) is 83.6 Å². The van der Waals surface area contributed by atoms with Gasteiger partial charge in [-0.05, 0) is 37.1 Å². The highest BCUT2D eigenvalue weighted by Gasteiger charge is 2.25. The van der Waals surface area contributed by atoms with Gasteiger partial charge in [-0.2, -0.15) is 0 Å². The number of aromatic nitrogens is 1. The van der Waals surface area contributed by atoms with Crippen LogP contribution in [0.1, 0.15) is 28.5 Å². The van der Waals surface area contributed by atoms with Crippen molar-refractivity contribution in [1.29, 1.82) is 0 Å². The van der Waals surface area contributed by atoms with Crippen molar-refractivity contribution in [3.8, 4) is 11.3 Å². The molecule has 0 spiro atoms. The number of pyridine rings is 1. The number of nitrogens with one attached hydrogen (secondary N) is 1. The summed E-state index contributed by atoms with van der Waals surface area (Å²) < 4.78 is 0. The van der Waals surface area contributed by atoms with Crippen LogP contribution in [0.2, 0.25) is 0 Å². The molecule has 3 aromatic rings. The maximum Gasteiger partial charge on any atom is 0.255 e. The maximum absolute atomic E-state index is 13.1. The highest BCUT2D eigenvalue weighted by molar-refractivity contribution is 5.96. The van der Waals surface area contributed by atoms with Gasteiger partial charge in [0.1, 0.15) is 0 Å². The zero-order chi connectivity index (χ0) is 23.2. The number of para-hydroxylation sites is 1. The topological polar surface area (TPSA) is 65.5 Å². The molecule has 33 heavy (non-hydrogen) atoms. The van der Waals surface area contributed by atoms with E-state index in [0.717, 1.165) is 34.6 Å². The molecule has 6 heteroatoms. The molecular weight excluding hydrogens is 412 g/mol. The standard InChI is InChI=1S/C27H30N4O2/c1-3-21-9-7-8-12-24(21)29-26(32)19-30-15-17-31(18-16-30)27(33)23-13-14-25(28-20(23)2)22-10-5-4-6-11-22/h4-14H,3,15-19H2,1-2H3,(H,29,32). The van der Waals surface area contributed by atoms with Crippen molar-refractivity contribution < 1.29 is 9.59 Å². The van der Waals surface area contributed by atoms with Crippen LogP contribution in [0.15, 0.2) is 66.7 Å². The third kappa shape index (κ3) is 5.46. The SMILES string of the molecule is CCc1ccccc1NC(=O)CN1CCN(C(=O)c2ccc(-c3ccccc3)nc2C)CC1. The molecular formula is C27H30N4O2. The molecule has 4 rings (SSSR count). The quantitative estimate of drug-likeness (QED) is 0.626. The van der Waals surface area contributed by atoms with E-state index in [9.17, 15) is 9.59 Å². The van der Waals surface area contributed by atoms with Crippen molar-refractivity contribution in [2.75, 3.05) is 38.0 Å². The maximum atomic E-state index is 13.1. The Balaban J connectivity index is 1.32. The van der Waals surface area contributed by atoms with E-state index in [4.69, 9.17) is 0 Å². The van der Waals surface area contributed by atoms with Crippen LogP contribution in [0.3, 0.4) is 0 Å². The van der Waals surface area contributed by atoms with Crippen molar-refractivity contribution in [1.82, 2.24) is 14.8 Å². The van der Waals surface area contributed by atoms with E-state index in [0.29, 0.717) is 38.3 Å². The lowest BCUT2D eigenvalue weighted by atomic mass is 10.1. The Kier molecular flexibility index (Phi) is 7.15. The number of benzene rings is 2. The number of rotatable bonds is 6. The van der Waals surface area contributed by atoms with Gasteiger partial charge in [-0.3, -0.25) is 19.5 Å². The van der Waals surface area contributed by atoms with Crippen LogP contribution in [0.4, 0.5) is 5.69 Å². The van der Waals surface area contributed by atoms with Gasteiger partial charge in [-0.25, -0.2) is 0 Å². The minimum atomic E-state index is -0.0211. The van der Waals surface area contributed by atoms with Gasteiger partial charge in [0.05, 0.1) is 23.5 Å². The lowest BCUT2D eigenvalue weighted by Crippen LogP contribution is -2.50. The first-order valence-electron chi connectivity index (χ1n) is 11.5. The van der Waals surface area contributed by atoms with Crippen LogP contribution >= 0.6 is 0 Å². The molecule has 1 N–H and O–H groups in total. The molecule has 0 saturated carbocycles. The fourth-order valence-corrected chi connectivity index (χ4v) is 4.18. The highest BCUT2D eigenvalue weighted by atomic mass is 16.2. The lowest BCUT2D eigenvalue weighted by molar-refractivity contribution is -0.117. The van der Waals surface area contributed by atoms with E-state index in [1.807, 2.05) is 78.6 Å². The second-order valence-electron chi connectivity index (χ2n) is 8.32. The van der Waals surface area contributed by atoms with E-state index in [-0.39, 0.29) is 11.8 Å². The number of amides is 2. The van der Waals surface area contributed by atoms with Gasteiger partial charge in [0.2, 0.25) is 5.91 Å². The molecule has 1 aliphatic heterocycles. The van der Waals surface area contributed by atoms with E-state index >= 15 is 0 Å². The van der Waals surface area contributed by atoms with Gasteiger partial charge in [0.15, 0.2) is 0 Å². The Morgan fingerprint density at radius 1 is 0.909 bits per heavy atom. The van der Waals surface area contributed by atoms with E-state index < -0.39 is 0 Å². The summed E-state index contributed by atoms with van der Waals surface area (Å²) in [6, 6.07) is 21.6. The first-order valence-corrected chi connectivity index (χ1v) is 11.5. The average molecular weight is 443 g/mol. The summed E-state index contributed by atoms with van der Waals surface area (Å²) in [5.41, 5.74) is 5.28. The Morgan fingerprint density at radius 3 is 2.30 bits per heavy atom. The summed E-state index contributed by atoms with van der Waals surface area (Å²) in [6.07, 6.45) is 0.873. The summed E-state index contributed by atoms with van der Waals surface area (Å²) in [6.45, 7) is 6.82. The Morgan fingerprint density at radius 2 is 1.61 bits per heavy atom. The molecule has 6 nitrogen and oxygen atoms in total. The van der Waals surface area contributed by atoms with Crippen LogP contribution in [0.25, 0.3) is 11.3 Å². The van der Waals surface area contributed by atoms with E-state index in [1.54, 1.807) is 0 Å². The first kappa shape index (κ1) is 22.7. The van der Waals surface area contributed by atoms with Gasteiger partial charge in [-0.1, -0.05) is 55.5 Å². The molecule has 1 aliphatic rings. The van der Waals surface area contributed by atoms with Crippen molar-refractivity contribution in [2.24, 2.45) is 0 Å². The van der Waals surface area contributed by atoms with Crippen molar-refractivity contribution in [3.63, 3.8) is 0 Å². The fourth-order valence-electron chi connectivity index (χ4n) is 4.18. The third-order valence-corrected chi connectivity index (χ3v) is 6.08. The van der Waals surface area contributed by atoms with Gasteiger partial charge in [-0.15, -0.1) is 0 Å². The fraction of sp³-hybridized carbons (Fsp3) is 0.296. The third-order valence-electron chi connectivity index (χ3n) is 6.08. The number of nitrogens with zero attached hydrogens (tertiary/aromatic N) is 3. The van der Waals surface area contributed by atoms with E-state index in [1.165, 1.54) is 0 Å². The lowest BCUT2D eigenvalue weighted by Gasteiger charge is -2.34. The second kappa shape index (κ2) is 10.4. The number of piperazine rings is 1. The summed E-state index contributed by atoms with van der Waals surface area (Å²) >= 11 is 0. The van der Waals surface area contributed by atoms with Crippen LogP contribution in [0, 0.1) is 6.92 Å². The van der Waals surface area contributed by atoms with Crippen LogP contribution < -0.4 is 5.32 Å².